The molecule has 0 aliphatic heterocycles. The van der Waals surface area contributed by atoms with Gasteiger partial charge in [0.15, 0.2) is 5.82 Å². The molecule has 1 heterocycles. The SMILES string of the molecule is Cc1ccccc1Oc1ccc2c3c1C1CC=CC(=C1c1cc(-c4ccc(-c5nc(-c6ccccc6)cc(-c6ccccc6)n5)cc4)ccc1-2)c1ccccc1-3. The molecule has 3 aliphatic carbocycles. The highest BCUT2D eigenvalue weighted by Gasteiger charge is 2.38. The second kappa shape index (κ2) is 13.0. The lowest BCUT2D eigenvalue weighted by Gasteiger charge is -2.26. The molecule has 0 saturated carbocycles. The van der Waals surface area contributed by atoms with Gasteiger partial charge in [-0.3, -0.25) is 0 Å². The van der Waals surface area contributed by atoms with Gasteiger partial charge >= 0.3 is 0 Å². The average Bonchev–Trinajstić information content (AvgIpc) is 3.39. The third kappa shape index (κ3) is 5.27. The summed E-state index contributed by atoms with van der Waals surface area (Å²) in [5, 5.41) is 0. The number of aromatic nitrogens is 2. The molecule has 0 N–H and O–H groups in total. The number of aryl methyl sites for hydroxylation is 1. The lowest BCUT2D eigenvalue weighted by atomic mass is 9.78. The molecule has 3 aliphatic rings. The summed E-state index contributed by atoms with van der Waals surface area (Å²) < 4.78 is 6.85. The van der Waals surface area contributed by atoms with Gasteiger partial charge in [-0.15, -0.1) is 0 Å². The van der Waals surface area contributed by atoms with Gasteiger partial charge in [-0.2, -0.15) is 0 Å². The monoisotopic (exact) mass is 716 g/mol. The Morgan fingerprint density at radius 2 is 1.11 bits per heavy atom. The van der Waals surface area contributed by atoms with Crippen molar-refractivity contribution in [1.82, 2.24) is 9.97 Å². The minimum Gasteiger partial charge on any atom is -0.457 e. The molecule has 0 radical (unpaired) electrons. The van der Waals surface area contributed by atoms with Crippen LogP contribution in [0, 0.1) is 6.92 Å². The van der Waals surface area contributed by atoms with Crippen LogP contribution in [0.5, 0.6) is 11.5 Å². The number of hydrogen-bond donors (Lipinski definition) is 0. The van der Waals surface area contributed by atoms with Gasteiger partial charge in [0.1, 0.15) is 11.5 Å². The van der Waals surface area contributed by atoms with Gasteiger partial charge in [0, 0.05) is 28.2 Å². The van der Waals surface area contributed by atoms with E-state index in [1.165, 1.54) is 55.7 Å². The van der Waals surface area contributed by atoms with Crippen molar-refractivity contribution in [2.75, 3.05) is 0 Å². The highest BCUT2D eigenvalue weighted by molar-refractivity contribution is 6.13. The van der Waals surface area contributed by atoms with E-state index in [2.05, 4.69) is 177 Å². The summed E-state index contributed by atoms with van der Waals surface area (Å²) in [5.74, 6) is 2.70. The molecule has 7 aromatic carbocycles. The van der Waals surface area contributed by atoms with Crippen LogP contribution >= 0.6 is 0 Å². The summed E-state index contributed by atoms with van der Waals surface area (Å²) in [6, 6.07) is 60.2. The molecule has 8 aromatic rings. The number of ether oxygens (including phenoxy) is 1. The molecule has 0 fully saturated rings. The molecule has 1 atom stereocenters. The van der Waals surface area contributed by atoms with Crippen molar-refractivity contribution in [3.8, 4) is 78.8 Å². The van der Waals surface area contributed by atoms with Gasteiger partial charge in [-0.05, 0) is 98.8 Å². The number of para-hydroxylation sites is 1. The van der Waals surface area contributed by atoms with Crippen molar-refractivity contribution in [1.29, 1.82) is 0 Å². The highest BCUT2D eigenvalue weighted by atomic mass is 16.5. The van der Waals surface area contributed by atoms with Crippen LogP contribution in [0.3, 0.4) is 0 Å². The van der Waals surface area contributed by atoms with Crippen molar-refractivity contribution in [3.63, 3.8) is 0 Å². The van der Waals surface area contributed by atoms with E-state index >= 15 is 0 Å². The van der Waals surface area contributed by atoms with Gasteiger partial charge in [-0.25, -0.2) is 9.97 Å². The molecule has 1 unspecified atom stereocenters. The van der Waals surface area contributed by atoms with Crippen LogP contribution in [-0.2, 0) is 0 Å². The zero-order chi connectivity index (χ0) is 37.2. The Hall–Kier alpha value is -7.10. The number of fused-ring (bicyclic) bond motifs is 4. The lowest BCUT2D eigenvalue weighted by molar-refractivity contribution is 0.471. The van der Waals surface area contributed by atoms with Crippen molar-refractivity contribution < 1.29 is 4.74 Å². The molecule has 0 amide bonds. The van der Waals surface area contributed by atoms with Gasteiger partial charge in [0.05, 0.1) is 11.4 Å². The summed E-state index contributed by atoms with van der Waals surface area (Å²) >= 11 is 0. The minimum atomic E-state index is 0.156. The van der Waals surface area contributed by atoms with Crippen LogP contribution in [0.25, 0.3) is 78.4 Å². The molecule has 3 nitrogen and oxygen atoms in total. The molecule has 0 spiro atoms. The van der Waals surface area contributed by atoms with Crippen LogP contribution in [0.15, 0.2) is 182 Å². The first-order chi connectivity index (χ1) is 27.7. The van der Waals surface area contributed by atoms with Gasteiger partial charge < -0.3 is 4.74 Å². The zero-order valence-corrected chi connectivity index (χ0v) is 30.9. The highest BCUT2D eigenvalue weighted by Crippen LogP contribution is 2.60. The van der Waals surface area contributed by atoms with Crippen molar-refractivity contribution >= 4 is 11.1 Å². The molecule has 6 bridgehead atoms. The van der Waals surface area contributed by atoms with Crippen LogP contribution in [0.4, 0.5) is 0 Å². The van der Waals surface area contributed by atoms with Crippen LogP contribution in [0.2, 0.25) is 0 Å². The van der Waals surface area contributed by atoms with E-state index < -0.39 is 0 Å². The molecule has 11 rings (SSSR count). The van der Waals surface area contributed by atoms with Crippen molar-refractivity contribution in [2.24, 2.45) is 0 Å². The molecule has 0 saturated heterocycles. The maximum absolute atomic E-state index is 6.85. The molecule has 264 valence electrons. The second-order valence-corrected chi connectivity index (χ2v) is 14.9. The Morgan fingerprint density at radius 3 is 1.84 bits per heavy atom. The molecule has 1 aromatic heterocycles. The molecule has 3 heteroatoms. The first-order valence-electron chi connectivity index (χ1n) is 19.3. The van der Waals surface area contributed by atoms with Gasteiger partial charge in [0.25, 0.3) is 0 Å². The smallest absolute Gasteiger partial charge is 0.160 e. The van der Waals surface area contributed by atoms with E-state index in [-0.39, 0.29) is 5.92 Å². The second-order valence-electron chi connectivity index (χ2n) is 14.9. The summed E-state index contributed by atoms with van der Waals surface area (Å²) in [4.78, 5) is 10.1. The van der Waals surface area contributed by atoms with E-state index in [9.17, 15) is 0 Å². The van der Waals surface area contributed by atoms with Gasteiger partial charge in [0.2, 0.25) is 0 Å². The zero-order valence-electron chi connectivity index (χ0n) is 30.9. The first kappa shape index (κ1) is 32.3. The number of hydrogen-bond acceptors (Lipinski definition) is 3. The standard InChI is InChI=1S/C53H36N2O/c1-33-13-8-11-22-48(33)56-49-30-29-43-40-28-27-38(31-45(40)50-41-20-12-21-44(50)52(49)51(43)42-19-10-9-18-39(41)42)34-23-25-37(26-24-34)53-54-46(35-14-4-2-5-15-35)32-47(55-53)36-16-6-3-7-17-36/h2-20,22-32,44H,21H2,1H3. The van der Waals surface area contributed by atoms with E-state index in [1.807, 2.05) is 12.1 Å². The predicted molar refractivity (Wildman–Crippen MR) is 229 cm³/mol. The van der Waals surface area contributed by atoms with Gasteiger partial charge in [-0.1, -0.05) is 158 Å². The fraction of sp³-hybridized carbons (Fsp3) is 0.0566. The quantitative estimate of drug-likeness (QED) is 0.172. The summed E-state index contributed by atoms with van der Waals surface area (Å²) in [7, 11) is 0. The minimum absolute atomic E-state index is 0.156. The fourth-order valence-corrected chi connectivity index (χ4v) is 8.91. The van der Waals surface area contributed by atoms with Crippen molar-refractivity contribution in [2.45, 2.75) is 19.3 Å². The third-order valence-electron chi connectivity index (χ3n) is 11.6. The van der Waals surface area contributed by atoms with Crippen LogP contribution in [0.1, 0.15) is 34.6 Å². The van der Waals surface area contributed by atoms with E-state index in [0.29, 0.717) is 5.82 Å². The van der Waals surface area contributed by atoms with E-state index in [4.69, 9.17) is 14.7 Å². The summed E-state index contributed by atoms with van der Waals surface area (Å²) in [6.45, 7) is 2.11. The predicted octanol–water partition coefficient (Wildman–Crippen LogP) is 13.9. The lowest BCUT2D eigenvalue weighted by Crippen LogP contribution is -2.06. The molecule has 56 heavy (non-hydrogen) atoms. The van der Waals surface area contributed by atoms with E-state index in [0.717, 1.165) is 57.1 Å². The third-order valence-corrected chi connectivity index (χ3v) is 11.6. The van der Waals surface area contributed by atoms with Crippen molar-refractivity contribution in [3.05, 3.63) is 204 Å². The van der Waals surface area contributed by atoms with E-state index in [1.54, 1.807) is 0 Å². The Labute approximate surface area is 327 Å². The summed E-state index contributed by atoms with van der Waals surface area (Å²) in [5.41, 5.74) is 20.0. The molecular weight excluding hydrogens is 681 g/mol. The Balaban J connectivity index is 1.03. The maximum Gasteiger partial charge on any atom is 0.160 e. The first-order valence-corrected chi connectivity index (χ1v) is 19.3. The number of nitrogens with zero attached hydrogens (tertiary/aromatic N) is 2. The van der Waals surface area contributed by atoms with Crippen LogP contribution in [-0.4, -0.2) is 9.97 Å². The normalized spacial score (nSPS) is 14.5. The van der Waals surface area contributed by atoms with Crippen LogP contribution < -0.4 is 4.74 Å². The molecular formula is C53H36N2O. The Kier molecular flexibility index (Phi) is 7.53. The fourth-order valence-electron chi connectivity index (χ4n) is 8.91. The number of benzene rings is 7. The maximum atomic E-state index is 6.85. The number of rotatable bonds is 6. The largest absolute Gasteiger partial charge is 0.457 e. The average molecular weight is 717 g/mol. The Morgan fingerprint density at radius 1 is 0.482 bits per heavy atom. The Bertz CT molecular complexity index is 2850. The topological polar surface area (TPSA) is 35.0 Å². The number of allylic oxidation sites excluding steroid dienone is 4. The summed E-state index contributed by atoms with van der Waals surface area (Å²) in [6.07, 6.45) is 5.62.